The number of aromatic nitrogens is 2. The largest absolute Gasteiger partial charge is 0.353 e. The number of hydrogen-bond acceptors (Lipinski definition) is 5. The zero-order valence-corrected chi connectivity index (χ0v) is 14.3. The van der Waals surface area contributed by atoms with Crippen molar-refractivity contribution in [2.75, 3.05) is 31.1 Å². The minimum absolute atomic E-state index is 0.0370. The summed E-state index contributed by atoms with van der Waals surface area (Å²) in [4.78, 5) is 24.2. The average Bonchev–Trinajstić information content (AvgIpc) is 2.54. The van der Waals surface area contributed by atoms with Crippen LogP contribution in [0.1, 0.15) is 33.4 Å². The summed E-state index contributed by atoms with van der Waals surface area (Å²) < 4.78 is 14.3. The van der Waals surface area contributed by atoms with Gasteiger partial charge < -0.3 is 10.2 Å². The van der Waals surface area contributed by atoms with Crippen molar-refractivity contribution < 1.29 is 9.18 Å². The van der Waals surface area contributed by atoms with Gasteiger partial charge in [0.2, 0.25) is 5.91 Å². The summed E-state index contributed by atoms with van der Waals surface area (Å²) in [6.45, 7) is 10.4. The number of carbonyl (C=O) groups excluding carboxylic acids is 1. The number of nitrogens with zero attached hydrogens (tertiary/aromatic N) is 4. The minimum Gasteiger partial charge on any atom is -0.353 e. The van der Waals surface area contributed by atoms with Gasteiger partial charge in [0.05, 0.1) is 11.7 Å². The van der Waals surface area contributed by atoms with E-state index in [1.807, 2.05) is 32.6 Å². The Morgan fingerprint density at radius 3 is 2.48 bits per heavy atom. The first-order valence-electron chi connectivity index (χ1n) is 8.22. The maximum atomic E-state index is 14.3. The number of hydrogen-bond donors (Lipinski definition) is 1. The van der Waals surface area contributed by atoms with Crippen LogP contribution in [0.5, 0.6) is 0 Å². The average molecular weight is 323 g/mol. The number of aryl methyl sites for hydroxylation is 1. The van der Waals surface area contributed by atoms with Crippen LogP contribution in [0.15, 0.2) is 6.33 Å². The van der Waals surface area contributed by atoms with Crippen LogP contribution in [-0.2, 0) is 11.2 Å². The number of amides is 1. The lowest BCUT2D eigenvalue weighted by atomic mass is 10.2. The Bertz CT molecular complexity index is 543. The first-order valence-corrected chi connectivity index (χ1v) is 8.22. The van der Waals surface area contributed by atoms with Crippen LogP contribution in [0, 0.1) is 5.82 Å². The van der Waals surface area contributed by atoms with Gasteiger partial charge in [0.1, 0.15) is 6.33 Å². The van der Waals surface area contributed by atoms with Crippen LogP contribution >= 0.6 is 0 Å². The first-order chi connectivity index (χ1) is 10.9. The highest BCUT2D eigenvalue weighted by molar-refractivity contribution is 5.81. The standard InChI is InChI=1S/C16H26FN5O/c1-5-13-14(17)15(19-10-18-13)22-8-6-21(7-9-22)12(4)16(23)20-11(2)3/h10-12H,5-9H2,1-4H3,(H,20,23). The van der Waals surface area contributed by atoms with Gasteiger partial charge in [-0.2, -0.15) is 0 Å². The molecule has 6 nitrogen and oxygen atoms in total. The second-order valence-corrected chi connectivity index (χ2v) is 6.17. The van der Waals surface area contributed by atoms with Gasteiger partial charge in [-0.05, 0) is 27.2 Å². The van der Waals surface area contributed by atoms with Crippen molar-refractivity contribution in [3.63, 3.8) is 0 Å². The lowest BCUT2D eigenvalue weighted by Gasteiger charge is -2.38. The van der Waals surface area contributed by atoms with Gasteiger partial charge in [0.25, 0.3) is 0 Å². The smallest absolute Gasteiger partial charge is 0.237 e. The molecule has 1 N–H and O–H groups in total. The Morgan fingerprint density at radius 1 is 1.26 bits per heavy atom. The Hall–Kier alpha value is -1.76. The number of carbonyl (C=O) groups is 1. The van der Waals surface area contributed by atoms with Gasteiger partial charge in [-0.3, -0.25) is 9.69 Å². The van der Waals surface area contributed by atoms with Gasteiger partial charge in [-0.15, -0.1) is 0 Å². The van der Waals surface area contributed by atoms with Crippen LogP contribution in [-0.4, -0.2) is 59.0 Å². The van der Waals surface area contributed by atoms with Crippen LogP contribution in [0.25, 0.3) is 0 Å². The predicted octanol–water partition coefficient (Wildman–Crippen LogP) is 1.21. The molecule has 1 atom stereocenters. The fraction of sp³-hybridized carbons (Fsp3) is 0.688. The number of nitrogens with one attached hydrogen (secondary N) is 1. The fourth-order valence-corrected chi connectivity index (χ4v) is 2.75. The molecule has 1 saturated heterocycles. The molecule has 2 heterocycles. The quantitative estimate of drug-likeness (QED) is 0.883. The molecule has 7 heteroatoms. The first kappa shape index (κ1) is 17.6. The maximum absolute atomic E-state index is 14.3. The highest BCUT2D eigenvalue weighted by Crippen LogP contribution is 2.20. The molecule has 0 bridgehead atoms. The molecule has 1 unspecified atom stereocenters. The molecular formula is C16H26FN5O. The monoisotopic (exact) mass is 323 g/mol. The van der Waals surface area contributed by atoms with E-state index in [9.17, 15) is 9.18 Å². The van der Waals surface area contributed by atoms with Crippen LogP contribution < -0.4 is 10.2 Å². The summed E-state index contributed by atoms with van der Waals surface area (Å²) in [7, 11) is 0. The number of halogens is 1. The zero-order valence-electron chi connectivity index (χ0n) is 14.3. The summed E-state index contributed by atoms with van der Waals surface area (Å²) in [6, 6.07) is -0.0465. The lowest BCUT2D eigenvalue weighted by molar-refractivity contribution is -0.126. The van der Waals surface area contributed by atoms with Crippen molar-refractivity contribution in [3.05, 3.63) is 17.8 Å². The van der Waals surface area contributed by atoms with E-state index in [-0.39, 0.29) is 23.8 Å². The zero-order chi connectivity index (χ0) is 17.0. The summed E-state index contributed by atoms with van der Waals surface area (Å²) >= 11 is 0. The van der Waals surface area contributed by atoms with Crippen molar-refractivity contribution in [1.29, 1.82) is 0 Å². The normalized spacial score (nSPS) is 17.4. The molecule has 23 heavy (non-hydrogen) atoms. The second kappa shape index (κ2) is 7.68. The van der Waals surface area contributed by atoms with Gasteiger partial charge in [-0.25, -0.2) is 14.4 Å². The molecule has 128 valence electrons. The molecular weight excluding hydrogens is 297 g/mol. The Morgan fingerprint density at radius 2 is 1.91 bits per heavy atom. The molecule has 1 fully saturated rings. The van der Waals surface area contributed by atoms with E-state index < -0.39 is 0 Å². The van der Waals surface area contributed by atoms with Crippen LogP contribution in [0.2, 0.25) is 0 Å². The van der Waals surface area contributed by atoms with Crippen molar-refractivity contribution in [3.8, 4) is 0 Å². The van der Waals surface area contributed by atoms with E-state index in [1.165, 1.54) is 6.33 Å². The third-order valence-electron chi connectivity index (χ3n) is 4.15. The maximum Gasteiger partial charge on any atom is 0.237 e. The molecule has 2 rings (SSSR count). The summed E-state index contributed by atoms with van der Waals surface area (Å²) in [6.07, 6.45) is 1.97. The molecule has 0 radical (unpaired) electrons. The topological polar surface area (TPSA) is 61.4 Å². The Labute approximate surface area is 137 Å². The highest BCUT2D eigenvalue weighted by Gasteiger charge is 2.27. The molecule has 0 aromatic carbocycles. The van der Waals surface area contributed by atoms with Gasteiger partial charge in [0, 0.05) is 32.2 Å². The number of piperazine rings is 1. The highest BCUT2D eigenvalue weighted by atomic mass is 19.1. The van der Waals surface area contributed by atoms with E-state index in [2.05, 4.69) is 20.2 Å². The van der Waals surface area contributed by atoms with Gasteiger partial charge >= 0.3 is 0 Å². The summed E-state index contributed by atoms with van der Waals surface area (Å²) in [5, 5.41) is 2.93. The van der Waals surface area contributed by atoms with Crippen LogP contribution in [0.4, 0.5) is 10.2 Å². The Kier molecular flexibility index (Phi) is 5.87. The molecule has 1 aromatic heterocycles. The molecule has 1 aliphatic heterocycles. The fourth-order valence-electron chi connectivity index (χ4n) is 2.75. The third kappa shape index (κ3) is 4.16. The molecule has 1 aliphatic rings. The van der Waals surface area contributed by atoms with E-state index in [4.69, 9.17) is 0 Å². The summed E-state index contributed by atoms with van der Waals surface area (Å²) in [5.74, 6) is 0.0831. The minimum atomic E-state index is -0.325. The van der Waals surface area contributed by atoms with E-state index in [0.29, 0.717) is 44.1 Å². The third-order valence-corrected chi connectivity index (χ3v) is 4.15. The lowest BCUT2D eigenvalue weighted by Crippen LogP contribution is -2.54. The van der Waals surface area contributed by atoms with Gasteiger partial charge in [0.15, 0.2) is 11.6 Å². The molecule has 0 saturated carbocycles. The Balaban J connectivity index is 1.97. The molecule has 0 aliphatic carbocycles. The van der Waals surface area contributed by atoms with Crippen LogP contribution in [0.3, 0.4) is 0 Å². The molecule has 1 aromatic rings. The second-order valence-electron chi connectivity index (χ2n) is 6.17. The van der Waals surface area contributed by atoms with Gasteiger partial charge in [-0.1, -0.05) is 6.92 Å². The summed E-state index contributed by atoms with van der Waals surface area (Å²) in [5.41, 5.74) is 0.446. The van der Waals surface area contributed by atoms with E-state index in [0.717, 1.165) is 0 Å². The van der Waals surface area contributed by atoms with Crippen molar-refractivity contribution in [2.24, 2.45) is 0 Å². The predicted molar refractivity (Wildman–Crippen MR) is 87.9 cm³/mol. The number of anilines is 1. The van der Waals surface area contributed by atoms with Crippen molar-refractivity contribution >= 4 is 11.7 Å². The SMILES string of the molecule is CCc1ncnc(N2CCN(C(C)C(=O)NC(C)C)CC2)c1F. The molecule has 1 amide bonds. The molecule has 0 spiro atoms. The van der Waals surface area contributed by atoms with E-state index >= 15 is 0 Å². The number of rotatable bonds is 5. The van der Waals surface area contributed by atoms with Crippen molar-refractivity contribution in [2.45, 2.75) is 46.2 Å². The van der Waals surface area contributed by atoms with E-state index in [1.54, 1.807) is 0 Å². The van der Waals surface area contributed by atoms with Crippen molar-refractivity contribution in [1.82, 2.24) is 20.2 Å².